The highest BCUT2D eigenvalue weighted by Crippen LogP contribution is 2.59. The molecule has 2 aliphatic rings. The molecule has 2 fully saturated rings. The van der Waals surface area contributed by atoms with Crippen molar-refractivity contribution in [3.05, 3.63) is 46.1 Å². The number of nitro groups is 1. The van der Waals surface area contributed by atoms with Crippen LogP contribution in [0.3, 0.4) is 0 Å². The predicted molar refractivity (Wildman–Crippen MR) is 98.6 cm³/mol. The summed E-state index contributed by atoms with van der Waals surface area (Å²) in [4.78, 5) is 36.4. The molecule has 1 aromatic carbocycles. The third-order valence-electron chi connectivity index (χ3n) is 5.95. The van der Waals surface area contributed by atoms with E-state index in [4.69, 9.17) is 0 Å². The number of rotatable bonds is 4. The highest BCUT2D eigenvalue weighted by Gasteiger charge is 2.59. The Balaban J connectivity index is 1.53. The van der Waals surface area contributed by atoms with Crippen molar-refractivity contribution in [2.24, 2.45) is 18.4 Å². The van der Waals surface area contributed by atoms with Gasteiger partial charge in [0.05, 0.1) is 16.4 Å². The summed E-state index contributed by atoms with van der Waals surface area (Å²) in [5, 5.41) is 24.4. The van der Waals surface area contributed by atoms with E-state index in [9.17, 15) is 24.8 Å². The Kier molecular flexibility index (Phi) is 4.17. The molecule has 1 atom stereocenters. The monoisotopic (exact) mass is 384 g/mol. The summed E-state index contributed by atoms with van der Waals surface area (Å²) in [5.74, 6) is -1.17. The van der Waals surface area contributed by atoms with E-state index in [0.717, 1.165) is 0 Å². The average molecular weight is 384 g/mol. The molecule has 1 amide bonds. The van der Waals surface area contributed by atoms with E-state index in [1.54, 1.807) is 35.0 Å². The topological polar surface area (TPSA) is 119 Å². The number of nitrogens with zero attached hydrogens (tertiary/aromatic N) is 4. The molecule has 1 aliphatic carbocycles. The zero-order chi connectivity index (χ0) is 20.1. The number of likely N-dealkylation sites (tertiary alicyclic amines) is 1. The first kappa shape index (κ1) is 18.1. The standard InChI is InChI=1S/C19H20N4O5/c1-21-11-14(16(20-21)12-2-4-13(5-3-12)23(27)28)17(24)22-8-6-19(7-9-22)10-15(19)18(25)26/h2-5,11,15H,6-10H2,1H3,(H,25,26). The van der Waals surface area contributed by atoms with E-state index in [1.165, 1.54) is 12.1 Å². The quantitative estimate of drug-likeness (QED) is 0.638. The summed E-state index contributed by atoms with van der Waals surface area (Å²) < 4.78 is 1.55. The van der Waals surface area contributed by atoms with Gasteiger partial charge in [-0.05, 0) is 36.8 Å². The lowest BCUT2D eigenvalue weighted by Crippen LogP contribution is -2.40. The number of nitro benzene ring substituents is 1. The van der Waals surface area contributed by atoms with Crippen molar-refractivity contribution in [2.75, 3.05) is 13.1 Å². The second kappa shape index (κ2) is 6.43. The Morgan fingerprint density at radius 1 is 1.25 bits per heavy atom. The van der Waals surface area contributed by atoms with Crippen LogP contribution >= 0.6 is 0 Å². The number of benzene rings is 1. The van der Waals surface area contributed by atoms with Crippen molar-refractivity contribution in [3.8, 4) is 11.3 Å². The molecular formula is C19H20N4O5. The Morgan fingerprint density at radius 2 is 1.89 bits per heavy atom. The smallest absolute Gasteiger partial charge is 0.307 e. The van der Waals surface area contributed by atoms with Crippen molar-refractivity contribution in [3.63, 3.8) is 0 Å². The van der Waals surface area contributed by atoms with Crippen molar-refractivity contribution in [2.45, 2.75) is 19.3 Å². The van der Waals surface area contributed by atoms with Gasteiger partial charge in [-0.25, -0.2) is 0 Å². The highest BCUT2D eigenvalue weighted by molar-refractivity contribution is 6.00. The number of aromatic nitrogens is 2. The Bertz CT molecular complexity index is 957. The fourth-order valence-electron chi connectivity index (χ4n) is 4.17. The molecule has 0 bridgehead atoms. The second-order valence-electron chi connectivity index (χ2n) is 7.62. The molecule has 1 unspecified atom stereocenters. The number of piperidine rings is 1. The van der Waals surface area contributed by atoms with Gasteiger partial charge >= 0.3 is 5.97 Å². The molecule has 2 heterocycles. The lowest BCUT2D eigenvalue weighted by molar-refractivity contribution is -0.384. The molecule has 4 rings (SSSR count). The van der Waals surface area contributed by atoms with Gasteiger partial charge in [0, 0.05) is 44.0 Å². The van der Waals surface area contributed by atoms with E-state index in [2.05, 4.69) is 5.10 Å². The first-order valence-corrected chi connectivity index (χ1v) is 9.11. The maximum atomic E-state index is 13.1. The summed E-state index contributed by atoms with van der Waals surface area (Å²) in [6.07, 6.45) is 3.75. The molecule has 1 N–H and O–H groups in total. The molecular weight excluding hydrogens is 364 g/mol. The van der Waals surface area contributed by atoms with Gasteiger partial charge in [0.25, 0.3) is 11.6 Å². The highest BCUT2D eigenvalue weighted by atomic mass is 16.6. The summed E-state index contributed by atoms with van der Waals surface area (Å²) >= 11 is 0. The molecule has 0 radical (unpaired) electrons. The van der Waals surface area contributed by atoms with Crippen LogP contribution in [0.25, 0.3) is 11.3 Å². The molecule has 28 heavy (non-hydrogen) atoms. The number of carbonyl (C=O) groups excluding carboxylic acids is 1. The lowest BCUT2D eigenvalue weighted by Gasteiger charge is -2.32. The van der Waals surface area contributed by atoms with Crippen LogP contribution in [0.15, 0.2) is 30.5 Å². The van der Waals surface area contributed by atoms with E-state index in [1.807, 2.05) is 0 Å². The Morgan fingerprint density at radius 3 is 2.43 bits per heavy atom. The maximum absolute atomic E-state index is 13.1. The predicted octanol–water partition coefficient (Wildman–Crippen LogP) is 2.32. The molecule has 2 aromatic rings. The molecule has 1 aromatic heterocycles. The minimum atomic E-state index is -0.743. The lowest BCUT2D eigenvalue weighted by atomic mass is 9.90. The number of carbonyl (C=O) groups is 2. The SMILES string of the molecule is Cn1cc(C(=O)N2CCC3(CC2)CC3C(=O)O)c(-c2ccc([N+](=O)[O-])cc2)n1. The third-order valence-corrected chi connectivity index (χ3v) is 5.95. The van der Waals surface area contributed by atoms with Crippen LogP contribution in [-0.2, 0) is 11.8 Å². The Labute approximate surface area is 160 Å². The molecule has 1 saturated heterocycles. The van der Waals surface area contributed by atoms with Crippen LogP contribution < -0.4 is 0 Å². The summed E-state index contributed by atoms with van der Waals surface area (Å²) in [5.41, 5.74) is 1.40. The Hall–Kier alpha value is -3.23. The molecule has 9 nitrogen and oxygen atoms in total. The van der Waals surface area contributed by atoms with Crippen LogP contribution in [-0.4, -0.2) is 49.7 Å². The van der Waals surface area contributed by atoms with E-state index in [-0.39, 0.29) is 22.9 Å². The zero-order valence-corrected chi connectivity index (χ0v) is 15.4. The number of hydrogen-bond acceptors (Lipinski definition) is 5. The van der Waals surface area contributed by atoms with Gasteiger partial charge in [-0.2, -0.15) is 5.10 Å². The van der Waals surface area contributed by atoms with Crippen LogP contribution in [0, 0.1) is 21.4 Å². The molecule has 1 aliphatic heterocycles. The largest absolute Gasteiger partial charge is 0.481 e. The fraction of sp³-hybridized carbons (Fsp3) is 0.421. The van der Waals surface area contributed by atoms with Gasteiger partial charge in [-0.15, -0.1) is 0 Å². The first-order valence-electron chi connectivity index (χ1n) is 9.11. The van der Waals surface area contributed by atoms with Crippen LogP contribution in [0.1, 0.15) is 29.6 Å². The number of aliphatic carboxylic acids is 1. The summed E-state index contributed by atoms with van der Waals surface area (Å²) in [6, 6.07) is 5.96. The van der Waals surface area contributed by atoms with Crippen LogP contribution in [0.4, 0.5) is 5.69 Å². The summed E-state index contributed by atoms with van der Waals surface area (Å²) in [6.45, 7) is 1.05. The van der Waals surface area contributed by atoms with Crippen LogP contribution in [0.2, 0.25) is 0 Å². The van der Waals surface area contributed by atoms with Crippen molar-refractivity contribution in [1.82, 2.24) is 14.7 Å². The van der Waals surface area contributed by atoms with Crippen molar-refractivity contribution in [1.29, 1.82) is 0 Å². The molecule has 146 valence electrons. The van der Waals surface area contributed by atoms with Gasteiger partial charge < -0.3 is 10.0 Å². The normalized spacial score (nSPS) is 20.2. The van der Waals surface area contributed by atoms with Crippen molar-refractivity contribution >= 4 is 17.6 Å². The van der Waals surface area contributed by atoms with Gasteiger partial charge in [-0.1, -0.05) is 0 Å². The molecule has 1 spiro atoms. The van der Waals surface area contributed by atoms with Gasteiger partial charge in [0.2, 0.25) is 0 Å². The van der Waals surface area contributed by atoms with Crippen LogP contribution in [0.5, 0.6) is 0 Å². The number of hydrogen-bond donors (Lipinski definition) is 1. The number of aryl methyl sites for hydroxylation is 1. The van der Waals surface area contributed by atoms with E-state index >= 15 is 0 Å². The number of carboxylic acid groups (broad SMARTS) is 1. The summed E-state index contributed by atoms with van der Waals surface area (Å²) in [7, 11) is 1.72. The van der Waals surface area contributed by atoms with Gasteiger partial charge in [0.15, 0.2) is 0 Å². The minimum Gasteiger partial charge on any atom is -0.481 e. The number of carboxylic acids is 1. The number of non-ortho nitro benzene ring substituents is 1. The fourth-order valence-corrected chi connectivity index (χ4v) is 4.17. The maximum Gasteiger partial charge on any atom is 0.307 e. The van der Waals surface area contributed by atoms with E-state index in [0.29, 0.717) is 49.2 Å². The number of amides is 1. The minimum absolute atomic E-state index is 0.0219. The average Bonchev–Trinajstić information content (AvgIpc) is 3.24. The van der Waals surface area contributed by atoms with E-state index < -0.39 is 10.9 Å². The third kappa shape index (κ3) is 3.02. The zero-order valence-electron chi connectivity index (χ0n) is 15.4. The van der Waals surface area contributed by atoms with Gasteiger partial charge in [-0.3, -0.25) is 24.4 Å². The van der Waals surface area contributed by atoms with Crippen molar-refractivity contribution < 1.29 is 19.6 Å². The molecule has 9 heteroatoms. The molecule has 1 saturated carbocycles. The van der Waals surface area contributed by atoms with Gasteiger partial charge in [0.1, 0.15) is 5.69 Å². The second-order valence-corrected chi connectivity index (χ2v) is 7.62. The first-order chi connectivity index (χ1) is 13.3.